The molecule has 1 fully saturated rings. The lowest BCUT2D eigenvalue weighted by Gasteiger charge is -2.38. The number of carbonyl (C=O) groups excluding carboxylic acids is 1. The average Bonchev–Trinajstić information content (AvgIpc) is 3.27. The molecule has 4 heterocycles. The van der Waals surface area contributed by atoms with Crippen LogP contribution < -0.4 is 14.8 Å². The van der Waals surface area contributed by atoms with Gasteiger partial charge in [0.1, 0.15) is 9.84 Å². The summed E-state index contributed by atoms with van der Waals surface area (Å²) in [5.74, 6) is -5.81. The fourth-order valence-electron chi connectivity index (χ4n) is 4.11. The highest BCUT2D eigenvalue weighted by atomic mass is 35.5. The standard InChI is InChI=1S/C23H23ClF5N5O5S/c1-13-15(39-20-16(9-14(24)10-30-20)38-12-21(2,25)26)3-4-17-31-18(33-34(13)17)19(35)32-22(11-23(27,28)29)5-7-40(36,37)8-6-22/h3-4,9-10H,5-8,11-12H2,1-2H3,(H,32,35). The third-order valence-electron chi connectivity index (χ3n) is 6.07. The Bertz CT molecular complexity index is 1530. The van der Waals surface area contributed by atoms with E-state index in [9.17, 15) is 35.2 Å². The minimum atomic E-state index is -4.66. The molecule has 0 bridgehead atoms. The molecule has 17 heteroatoms. The normalized spacial score (nSPS) is 17.0. The van der Waals surface area contributed by atoms with E-state index < -0.39 is 76.6 Å². The average molecular weight is 612 g/mol. The van der Waals surface area contributed by atoms with Crippen molar-refractivity contribution in [3.8, 4) is 17.4 Å². The van der Waals surface area contributed by atoms with Gasteiger partial charge in [-0.3, -0.25) is 4.79 Å². The lowest BCUT2D eigenvalue weighted by Crippen LogP contribution is -2.55. The number of aromatic nitrogens is 4. The number of nitrogens with zero attached hydrogens (tertiary/aromatic N) is 4. The quantitative estimate of drug-likeness (QED) is 0.368. The molecule has 0 unspecified atom stereocenters. The monoisotopic (exact) mass is 611 g/mol. The third kappa shape index (κ3) is 7.27. The van der Waals surface area contributed by atoms with Crippen molar-refractivity contribution in [2.24, 2.45) is 0 Å². The van der Waals surface area contributed by atoms with Gasteiger partial charge in [-0.25, -0.2) is 31.7 Å². The first-order valence-electron chi connectivity index (χ1n) is 11.7. The van der Waals surface area contributed by atoms with Gasteiger partial charge < -0.3 is 14.8 Å². The van der Waals surface area contributed by atoms with Crippen LogP contribution in [0.1, 0.15) is 42.5 Å². The first kappa shape index (κ1) is 29.7. The van der Waals surface area contributed by atoms with Gasteiger partial charge in [0.25, 0.3) is 17.7 Å². The van der Waals surface area contributed by atoms with Gasteiger partial charge in [-0.1, -0.05) is 11.6 Å². The van der Waals surface area contributed by atoms with E-state index in [4.69, 9.17) is 21.1 Å². The zero-order chi connectivity index (χ0) is 29.5. The molecule has 1 aliphatic rings. The van der Waals surface area contributed by atoms with Crippen molar-refractivity contribution in [2.75, 3.05) is 18.1 Å². The molecule has 1 saturated heterocycles. The van der Waals surface area contributed by atoms with Crippen LogP contribution in [0, 0.1) is 6.92 Å². The van der Waals surface area contributed by atoms with Crippen molar-refractivity contribution in [1.29, 1.82) is 0 Å². The molecule has 4 rings (SSSR count). The maximum atomic E-state index is 13.3. The molecule has 3 aromatic heterocycles. The number of fused-ring (bicyclic) bond motifs is 1. The molecule has 10 nitrogen and oxygen atoms in total. The van der Waals surface area contributed by atoms with E-state index in [1.807, 2.05) is 0 Å². The summed E-state index contributed by atoms with van der Waals surface area (Å²) in [5.41, 5.74) is -1.40. The Labute approximate surface area is 229 Å². The second-order valence-electron chi connectivity index (χ2n) is 9.58. The number of aryl methyl sites for hydroxylation is 1. The highest BCUT2D eigenvalue weighted by molar-refractivity contribution is 7.91. The van der Waals surface area contributed by atoms with Crippen molar-refractivity contribution >= 4 is 33.0 Å². The zero-order valence-corrected chi connectivity index (χ0v) is 22.6. The molecule has 1 amide bonds. The van der Waals surface area contributed by atoms with Crippen molar-refractivity contribution in [3.63, 3.8) is 0 Å². The predicted octanol–water partition coefficient (Wildman–Crippen LogP) is 4.54. The molecule has 218 valence electrons. The van der Waals surface area contributed by atoms with Crippen LogP contribution in [0.5, 0.6) is 17.4 Å². The summed E-state index contributed by atoms with van der Waals surface area (Å²) >= 11 is 5.90. The summed E-state index contributed by atoms with van der Waals surface area (Å²) in [5, 5.41) is 6.52. The number of amides is 1. The van der Waals surface area contributed by atoms with Crippen LogP contribution in [0.4, 0.5) is 22.0 Å². The number of sulfone groups is 1. The van der Waals surface area contributed by atoms with Crippen LogP contribution in [0.3, 0.4) is 0 Å². The first-order chi connectivity index (χ1) is 18.4. The zero-order valence-electron chi connectivity index (χ0n) is 21.1. The van der Waals surface area contributed by atoms with Crippen molar-refractivity contribution in [2.45, 2.75) is 50.7 Å². The molecule has 0 spiro atoms. The number of pyridine rings is 2. The van der Waals surface area contributed by atoms with Gasteiger partial charge in [-0.15, -0.1) is 5.10 Å². The Hall–Kier alpha value is -3.27. The van der Waals surface area contributed by atoms with E-state index in [-0.39, 0.29) is 33.7 Å². The summed E-state index contributed by atoms with van der Waals surface area (Å²) in [6.45, 7) is 1.24. The van der Waals surface area contributed by atoms with E-state index in [1.54, 1.807) is 0 Å². The molecule has 0 atom stereocenters. The van der Waals surface area contributed by atoms with E-state index >= 15 is 0 Å². The summed E-state index contributed by atoms with van der Waals surface area (Å²) in [4.78, 5) is 21.0. The fraction of sp³-hybridized carbons (Fsp3) is 0.478. The van der Waals surface area contributed by atoms with Gasteiger partial charge in [0.15, 0.2) is 23.8 Å². The van der Waals surface area contributed by atoms with Crippen LogP contribution in [0.25, 0.3) is 5.65 Å². The summed E-state index contributed by atoms with van der Waals surface area (Å²) in [7, 11) is -3.51. The molecule has 0 aliphatic carbocycles. The molecular formula is C23H23ClF5N5O5S. The van der Waals surface area contributed by atoms with Crippen LogP contribution >= 0.6 is 11.6 Å². The first-order valence-corrected chi connectivity index (χ1v) is 13.9. The van der Waals surface area contributed by atoms with E-state index in [0.717, 1.165) is 0 Å². The van der Waals surface area contributed by atoms with Gasteiger partial charge in [0, 0.05) is 19.2 Å². The largest absolute Gasteiger partial charge is 0.482 e. The molecule has 40 heavy (non-hydrogen) atoms. The topological polar surface area (TPSA) is 125 Å². The Morgan fingerprint density at radius 2 is 1.85 bits per heavy atom. The smallest absolute Gasteiger partial charge is 0.391 e. The van der Waals surface area contributed by atoms with Crippen LogP contribution in [-0.4, -0.2) is 69.7 Å². The minimum absolute atomic E-state index is 0.111. The third-order valence-corrected chi connectivity index (χ3v) is 7.93. The number of hydrogen-bond donors (Lipinski definition) is 1. The number of rotatable bonds is 8. The van der Waals surface area contributed by atoms with Crippen LogP contribution in [-0.2, 0) is 9.84 Å². The molecule has 3 aromatic rings. The molecular weight excluding hydrogens is 589 g/mol. The maximum Gasteiger partial charge on any atom is 0.391 e. The number of hydrogen-bond acceptors (Lipinski definition) is 8. The molecule has 1 N–H and O–H groups in total. The number of halogens is 6. The Morgan fingerprint density at radius 3 is 2.48 bits per heavy atom. The van der Waals surface area contributed by atoms with Gasteiger partial charge in [0.2, 0.25) is 5.82 Å². The summed E-state index contributed by atoms with van der Waals surface area (Å²) < 4.78 is 102. The SMILES string of the molecule is Cc1c(Oc2ncc(Cl)cc2OCC(C)(F)F)ccc2nc(C(=O)NC3(CC(F)(F)F)CCS(=O)(=O)CC3)nn12. The van der Waals surface area contributed by atoms with Crippen molar-refractivity contribution < 1.29 is 44.6 Å². The summed E-state index contributed by atoms with van der Waals surface area (Å²) in [6, 6.07) is 4.09. The molecule has 0 radical (unpaired) electrons. The molecule has 0 aromatic carbocycles. The van der Waals surface area contributed by atoms with Crippen molar-refractivity contribution in [3.05, 3.63) is 40.9 Å². The summed E-state index contributed by atoms with van der Waals surface area (Å²) in [6.07, 6.45) is -5.67. The lowest BCUT2D eigenvalue weighted by atomic mass is 9.88. The van der Waals surface area contributed by atoms with E-state index in [1.165, 1.54) is 35.8 Å². The van der Waals surface area contributed by atoms with Gasteiger partial charge >= 0.3 is 6.18 Å². The number of nitrogens with one attached hydrogen (secondary N) is 1. The Kier molecular flexibility index (Phi) is 7.88. The second-order valence-corrected chi connectivity index (χ2v) is 12.3. The van der Waals surface area contributed by atoms with E-state index in [2.05, 4.69) is 20.4 Å². The van der Waals surface area contributed by atoms with Crippen molar-refractivity contribution in [1.82, 2.24) is 24.9 Å². The number of alkyl halides is 5. The second kappa shape index (κ2) is 10.6. The number of carbonyl (C=O) groups is 1. The van der Waals surface area contributed by atoms with Crippen LogP contribution in [0.15, 0.2) is 24.4 Å². The highest BCUT2D eigenvalue weighted by Crippen LogP contribution is 2.36. The Balaban J connectivity index is 1.59. The predicted molar refractivity (Wildman–Crippen MR) is 132 cm³/mol. The molecule has 0 saturated carbocycles. The number of ether oxygens (including phenoxy) is 2. The minimum Gasteiger partial charge on any atom is -0.482 e. The van der Waals surface area contributed by atoms with Gasteiger partial charge in [0.05, 0.1) is 34.2 Å². The Morgan fingerprint density at radius 1 is 1.18 bits per heavy atom. The van der Waals surface area contributed by atoms with E-state index in [0.29, 0.717) is 6.92 Å². The highest BCUT2D eigenvalue weighted by Gasteiger charge is 2.47. The fourth-order valence-corrected chi connectivity index (χ4v) is 5.87. The molecule has 1 aliphatic heterocycles. The maximum absolute atomic E-state index is 13.3. The lowest BCUT2D eigenvalue weighted by molar-refractivity contribution is -0.150. The van der Waals surface area contributed by atoms with Gasteiger partial charge in [-0.05, 0) is 31.9 Å². The van der Waals surface area contributed by atoms with Gasteiger partial charge in [-0.2, -0.15) is 13.2 Å². The van der Waals surface area contributed by atoms with Crippen LogP contribution in [0.2, 0.25) is 5.02 Å².